The first kappa shape index (κ1) is 22.5. The van der Waals surface area contributed by atoms with Crippen molar-refractivity contribution in [2.75, 3.05) is 17.1 Å². The summed E-state index contributed by atoms with van der Waals surface area (Å²) in [5, 5.41) is 3.66. The summed E-state index contributed by atoms with van der Waals surface area (Å²) in [6.45, 7) is 1.89. The average Bonchev–Trinajstić information content (AvgIpc) is 3.27. The van der Waals surface area contributed by atoms with Crippen LogP contribution in [0.2, 0.25) is 0 Å². The van der Waals surface area contributed by atoms with Gasteiger partial charge in [0.1, 0.15) is 5.75 Å². The number of ketones is 1. The van der Waals surface area contributed by atoms with Crippen molar-refractivity contribution in [3.63, 3.8) is 0 Å². The second kappa shape index (κ2) is 9.43. The number of benzene rings is 3. The monoisotopic (exact) mass is 479 g/mol. The molecule has 7 nitrogen and oxygen atoms in total. The molecule has 0 saturated carbocycles. The van der Waals surface area contributed by atoms with Crippen LogP contribution in [0.4, 0.5) is 16.5 Å². The number of hydrogen-bond acceptors (Lipinski definition) is 7. The maximum absolute atomic E-state index is 12.8. The Bertz CT molecular complexity index is 1400. The van der Waals surface area contributed by atoms with Crippen molar-refractivity contribution in [1.29, 1.82) is 0 Å². The molecule has 1 aromatic heterocycles. The minimum Gasteiger partial charge on any atom is -0.497 e. The first-order chi connectivity index (χ1) is 15.9. The summed E-state index contributed by atoms with van der Waals surface area (Å²) in [5.74, 6) is 0.489. The number of rotatable bonds is 8. The molecule has 33 heavy (non-hydrogen) atoms. The molecule has 0 atom stereocenters. The molecule has 0 amide bonds. The number of aromatic nitrogens is 1. The Hall–Kier alpha value is -3.69. The number of carbonyl (C=O) groups is 1. The van der Waals surface area contributed by atoms with E-state index in [9.17, 15) is 13.2 Å². The van der Waals surface area contributed by atoms with Crippen molar-refractivity contribution in [2.45, 2.75) is 11.8 Å². The molecule has 168 valence electrons. The molecule has 0 fully saturated rings. The Morgan fingerprint density at radius 1 is 0.970 bits per heavy atom. The predicted molar refractivity (Wildman–Crippen MR) is 130 cm³/mol. The Kier molecular flexibility index (Phi) is 6.43. The molecule has 1 heterocycles. The van der Waals surface area contributed by atoms with Gasteiger partial charge in [-0.05, 0) is 55.0 Å². The quantitative estimate of drug-likeness (QED) is 0.336. The topological polar surface area (TPSA) is 97.4 Å². The number of nitrogens with zero attached hydrogens (tertiary/aromatic N) is 1. The summed E-state index contributed by atoms with van der Waals surface area (Å²) >= 11 is 1.24. The number of anilines is 3. The van der Waals surface area contributed by atoms with Gasteiger partial charge in [0.05, 0.1) is 28.8 Å². The third kappa shape index (κ3) is 5.21. The van der Waals surface area contributed by atoms with Crippen molar-refractivity contribution in [1.82, 2.24) is 4.98 Å². The number of ether oxygens (including phenoxy) is 1. The fourth-order valence-corrected chi connectivity index (χ4v) is 4.99. The highest BCUT2D eigenvalue weighted by Crippen LogP contribution is 2.27. The second-order valence-corrected chi connectivity index (χ2v) is 9.87. The van der Waals surface area contributed by atoms with E-state index in [2.05, 4.69) is 15.0 Å². The Morgan fingerprint density at radius 2 is 1.70 bits per heavy atom. The van der Waals surface area contributed by atoms with Crippen molar-refractivity contribution >= 4 is 43.6 Å². The third-order valence-corrected chi connectivity index (χ3v) is 7.16. The normalized spacial score (nSPS) is 11.1. The average molecular weight is 480 g/mol. The second-order valence-electron chi connectivity index (χ2n) is 7.16. The lowest BCUT2D eigenvalue weighted by atomic mass is 10.0. The number of hydrogen-bond donors (Lipinski definition) is 2. The molecular formula is C24H21N3O4S2. The summed E-state index contributed by atoms with van der Waals surface area (Å²) in [4.78, 5) is 17.7. The SMILES string of the molecule is COc1ccc(S(=O)(=O)Nc2cccc(Nc3ncc(C(=O)c4ccccc4C)s3)c2)cc1. The lowest BCUT2D eigenvalue weighted by molar-refractivity contribution is 0.104. The molecule has 0 aliphatic carbocycles. The van der Waals surface area contributed by atoms with E-state index < -0.39 is 10.0 Å². The molecule has 2 N–H and O–H groups in total. The largest absolute Gasteiger partial charge is 0.497 e. The smallest absolute Gasteiger partial charge is 0.261 e. The van der Waals surface area contributed by atoms with Crippen molar-refractivity contribution in [2.24, 2.45) is 0 Å². The third-order valence-electron chi connectivity index (χ3n) is 4.85. The van der Waals surface area contributed by atoms with Gasteiger partial charge in [0.25, 0.3) is 10.0 Å². The van der Waals surface area contributed by atoms with E-state index in [1.807, 2.05) is 25.1 Å². The minimum absolute atomic E-state index is 0.0837. The van der Waals surface area contributed by atoms with Crippen molar-refractivity contribution in [3.05, 3.63) is 95.0 Å². The number of sulfonamides is 1. The van der Waals surface area contributed by atoms with E-state index in [0.29, 0.717) is 32.7 Å². The molecule has 3 aromatic carbocycles. The van der Waals surface area contributed by atoms with Crippen LogP contribution in [0.25, 0.3) is 0 Å². The highest BCUT2D eigenvalue weighted by atomic mass is 32.2. The highest BCUT2D eigenvalue weighted by Gasteiger charge is 2.16. The molecule has 0 aliphatic heterocycles. The van der Waals surface area contributed by atoms with Gasteiger partial charge in [-0.1, -0.05) is 41.7 Å². The van der Waals surface area contributed by atoms with Crippen LogP contribution in [0.3, 0.4) is 0 Å². The van der Waals surface area contributed by atoms with Gasteiger partial charge in [-0.2, -0.15) is 0 Å². The molecule has 0 saturated heterocycles. The van der Waals surface area contributed by atoms with Gasteiger partial charge in [-0.3, -0.25) is 9.52 Å². The van der Waals surface area contributed by atoms with Crippen LogP contribution in [-0.4, -0.2) is 26.3 Å². The van der Waals surface area contributed by atoms with Gasteiger partial charge >= 0.3 is 0 Å². The predicted octanol–water partition coefficient (Wildman–Crippen LogP) is 5.24. The van der Waals surface area contributed by atoms with E-state index in [1.54, 1.807) is 42.5 Å². The number of carbonyl (C=O) groups excluding carboxylic acids is 1. The maximum Gasteiger partial charge on any atom is 0.261 e. The number of methoxy groups -OCH3 is 1. The zero-order valence-electron chi connectivity index (χ0n) is 17.9. The van der Waals surface area contributed by atoms with E-state index in [4.69, 9.17) is 4.74 Å². The fraction of sp³-hybridized carbons (Fsp3) is 0.0833. The molecule has 4 aromatic rings. The van der Waals surface area contributed by atoms with Gasteiger partial charge in [0.15, 0.2) is 5.13 Å². The number of thiazole rings is 1. The molecule has 0 radical (unpaired) electrons. The van der Waals surface area contributed by atoms with Crippen molar-refractivity contribution in [3.8, 4) is 5.75 Å². The standard InChI is InChI=1S/C24H21N3O4S2/c1-16-6-3-4-9-21(16)23(28)22-15-25-24(32-22)26-17-7-5-8-18(14-17)27-33(29,30)20-12-10-19(31-2)11-13-20/h3-15,27H,1-2H3,(H,25,26). The molecule has 0 unspecified atom stereocenters. The van der Waals surface area contributed by atoms with Crippen LogP contribution in [-0.2, 0) is 10.0 Å². The summed E-state index contributed by atoms with van der Waals surface area (Å²) in [6.07, 6.45) is 1.54. The van der Waals surface area contributed by atoms with Gasteiger partial charge in [0.2, 0.25) is 5.78 Å². The Labute approximate surface area is 196 Å². The number of nitrogens with one attached hydrogen (secondary N) is 2. The molecule has 0 aliphatic rings. The molecule has 9 heteroatoms. The van der Waals surface area contributed by atoms with E-state index in [1.165, 1.54) is 36.8 Å². The summed E-state index contributed by atoms with van der Waals surface area (Å²) in [6, 6.07) is 20.4. The van der Waals surface area contributed by atoms with Crippen LogP contribution in [0.15, 0.2) is 83.9 Å². The minimum atomic E-state index is -3.76. The maximum atomic E-state index is 12.8. The summed E-state index contributed by atoms with van der Waals surface area (Å²) in [7, 11) is -2.24. The summed E-state index contributed by atoms with van der Waals surface area (Å²) in [5.41, 5.74) is 2.57. The Morgan fingerprint density at radius 3 is 2.42 bits per heavy atom. The molecule has 0 bridgehead atoms. The van der Waals surface area contributed by atoms with Gasteiger partial charge < -0.3 is 10.1 Å². The van der Waals surface area contributed by atoms with E-state index >= 15 is 0 Å². The van der Waals surface area contributed by atoms with E-state index in [0.717, 1.165) is 5.56 Å². The first-order valence-corrected chi connectivity index (χ1v) is 12.3. The molecular weight excluding hydrogens is 458 g/mol. The lowest BCUT2D eigenvalue weighted by Gasteiger charge is -2.10. The molecule has 4 rings (SSSR count). The van der Waals surface area contributed by atoms with Crippen LogP contribution in [0, 0.1) is 6.92 Å². The van der Waals surface area contributed by atoms with E-state index in [-0.39, 0.29) is 10.7 Å². The molecule has 0 spiro atoms. The summed E-state index contributed by atoms with van der Waals surface area (Å²) < 4.78 is 33.0. The number of aryl methyl sites for hydroxylation is 1. The lowest BCUT2D eigenvalue weighted by Crippen LogP contribution is -2.12. The first-order valence-electron chi connectivity index (χ1n) is 9.96. The van der Waals surface area contributed by atoms with Crippen LogP contribution < -0.4 is 14.8 Å². The Balaban J connectivity index is 1.48. The zero-order chi connectivity index (χ0) is 23.4. The zero-order valence-corrected chi connectivity index (χ0v) is 19.5. The van der Waals surface area contributed by atoms with Crippen LogP contribution >= 0.6 is 11.3 Å². The van der Waals surface area contributed by atoms with Gasteiger partial charge in [-0.25, -0.2) is 13.4 Å². The van der Waals surface area contributed by atoms with Gasteiger partial charge in [-0.15, -0.1) is 0 Å². The van der Waals surface area contributed by atoms with Crippen LogP contribution in [0.1, 0.15) is 20.8 Å². The van der Waals surface area contributed by atoms with Gasteiger partial charge in [0, 0.05) is 11.3 Å². The van der Waals surface area contributed by atoms with Crippen molar-refractivity contribution < 1.29 is 17.9 Å². The fourth-order valence-electron chi connectivity index (χ4n) is 3.15. The highest BCUT2D eigenvalue weighted by molar-refractivity contribution is 7.92. The van der Waals surface area contributed by atoms with Crippen LogP contribution in [0.5, 0.6) is 5.75 Å².